The molecule has 0 aromatic carbocycles. The molecule has 21 heavy (non-hydrogen) atoms. The van der Waals surface area contributed by atoms with Crippen LogP contribution in [-0.2, 0) is 5.41 Å². The summed E-state index contributed by atoms with van der Waals surface area (Å²) in [6.07, 6.45) is 1.69. The van der Waals surface area contributed by atoms with Crippen LogP contribution in [0.5, 0.6) is 0 Å². The number of rotatable bonds is 4. The highest BCUT2D eigenvalue weighted by atomic mass is 35.5. The van der Waals surface area contributed by atoms with Gasteiger partial charge < -0.3 is 4.90 Å². The number of urea groups is 1. The van der Waals surface area contributed by atoms with Crippen LogP contribution in [-0.4, -0.2) is 33.7 Å². The number of hydrogen-bond donors (Lipinski definition) is 1. The molecule has 6 heteroatoms. The second-order valence-corrected chi connectivity index (χ2v) is 6.51. The Morgan fingerprint density at radius 3 is 2.57 bits per heavy atom. The lowest BCUT2D eigenvalue weighted by atomic mass is 9.88. The molecule has 0 unspecified atom stereocenters. The van der Waals surface area contributed by atoms with E-state index in [1.165, 1.54) is 0 Å². The van der Waals surface area contributed by atoms with E-state index < -0.39 is 0 Å². The van der Waals surface area contributed by atoms with Gasteiger partial charge in [0.05, 0.1) is 0 Å². The van der Waals surface area contributed by atoms with Crippen LogP contribution >= 0.6 is 11.6 Å². The van der Waals surface area contributed by atoms with Gasteiger partial charge in [0, 0.05) is 18.2 Å². The van der Waals surface area contributed by atoms with Crippen molar-refractivity contribution in [2.24, 2.45) is 0 Å². The van der Waals surface area contributed by atoms with Crippen molar-refractivity contribution in [3.8, 4) is 0 Å². The minimum Gasteiger partial charge on any atom is -0.318 e. The topological polar surface area (TPSA) is 58.1 Å². The highest BCUT2D eigenvalue weighted by Crippen LogP contribution is 2.28. The van der Waals surface area contributed by atoms with Crippen LogP contribution in [0.25, 0.3) is 0 Å². The molecule has 1 N–H and O–H groups in total. The summed E-state index contributed by atoms with van der Waals surface area (Å²) in [7, 11) is 0. The average molecular weight is 311 g/mol. The molecule has 1 heterocycles. The number of aromatic nitrogens is 2. The fraction of sp³-hybridized carbons (Fsp3) is 0.533. The third-order valence-electron chi connectivity index (χ3n) is 3.00. The van der Waals surface area contributed by atoms with Gasteiger partial charge in [-0.25, -0.2) is 4.79 Å². The Morgan fingerprint density at radius 2 is 2.10 bits per heavy atom. The van der Waals surface area contributed by atoms with Gasteiger partial charge in [-0.1, -0.05) is 38.4 Å². The van der Waals surface area contributed by atoms with Crippen LogP contribution in [0, 0.1) is 0 Å². The quantitative estimate of drug-likeness (QED) is 0.859. The largest absolute Gasteiger partial charge is 0.323 e. The van der Waals surface area contributed by atoms with E-state index in [0.717, 1.165) is 5.56 Å². The summed E-state index contributed by atoms with van der Waals surface area (Å²) in [5.41, 5.74) is 0.667. The van der Waals surface area contributed by atoms with E-state index in [1.807, 2.05) is 34.6 Å². The van der Waals surface area contributed by atoms with E-state index in [4.69, 9.17) is 11.6 Å². The maximum absolute atomic E-state index is 12.3. The molecule has 0 aliphatic carbocycles. The number of nitrogens with one attached hydrogen (secondary N) is 1. The first-order chi connectivity index (χ1) is 9.66. The molecule has 1 aromatic heterocycles. The predicted octanol–water partition coefficient (Wildman–Crippen LogP) is 3.86. The van der Waals surface area contributed by atoms with Gasteiger partial charge in [0.25, 0.3) is 0 Å². The Labute approximate surface area is 131 Å². The second-order valence-electron chi connectivity index (χ2n) is 6.15. The molecule has 0 aliphatic rings. The fourth-order valence-electron chi connectivity index (χ4n) is 1.81. The first-order valence-corrected chi connectivity index (χ1v) is 7.26. The maximum Gasteiger partial charge on any atom is 0.323 e. The molecule has 0 radical (unpaired) electrons. The lowest BCUT2D eigenvalue weighted by molar-refractivity contribution is 0.204. The number of nitrogens with zero attached hydrogens (tertiary/aromatic N) is 3. The maximum atomic E-state index is 12.3. The molecular formula is C15H23ClN4O. The van der Waals surface area contributed by atoms with Crippen molar-refractivity contribution >= 4 is 23.4 Å². The van der Waals surface area contributed by atoms with E-state index >= 15 is 0 Å². The second kappa shape index (κ2) is 6.89. The van der Waals surface area contributed by atoms with Crippen molar-refractivity contribution in [3.63, 3.8) is 0 Å². The van der Waals surface area contributed by atoms with Gasteiger partial charge in [0.15, 0.2) is 11.0 Å². The summed E-state index contributed by atoms with van der Waals surface area (Å²) in [4.78, 5) is 13.9. The predicted molar refractivity (Wildman–Crippen MR) is 86.8 cm³/mol. The number of amides is 2. The number of hydrogen-bond acceptors (Lipinski definition) is 3. The van der Waals surface area contributed by atoms with Crippen LogP contribution < -0.4 is 5.32 Å². The zero-order valence-electron chi connectivity index (χ0n) is 13.3. The number of anilines is 1. The summed E-state index contributed by atoms with van der Waals surface area (Å²) < 4.78 is 0. The van der Waals surface area contributed by atoms with Crippen LogP contribution in [0.1, 0.15) is 40.2 Å². The van der Waals surface area contributed by atoms with Crippen LogP contribution in [0.2, 0.25) is 5.15 Å². The Bertz CT molecular complexity index is 523. The summed E-state index contributed by atoms with van der Waals surface area (Å²) in [6.45, 7) is 14.1. The lowest BCUT2D eigenvalue weighted by Crippen LogP contribution is -2.40. The SMILES string of the molecule is C=CCN(C(=O)Nc1cc(C(C)(C)C)c(Cl)nn1)C(C)C. The van der Waals surface area contributed by atoms with Gasteiger partial charge in [-0.2, -0.15) is 0 Å². The van der Waals surface area contributed by atoms with Crippen molar-refractivity contribution in [1.29, 1.82) is 0 Å². The summed E-state index contributed by atoms with van der Waals surface area (Å²) >= 11 is 6.07. The molecule has 0 saturated carbocycles. The van der Waals surface area contributed by atoms with Gasteiger partial charge in [0.2, 0.25) is 0 Å². The molecule has 0 saturated heterocycles. The van der Waals surface area contributed by atoms with Gasteiger partial charge in [0.1, 0.15) is 0 Å². The molecule has 1 rings (SSSR count). The highest BCUT2D eigenvalue weighted by Gasteiger charge is 2.21. The molecule has 116 valence electrons. The first kappa shape index (κ1) is 17.4. The Balaban J connectivity index is 2.98. The van der Waals surface area contributed by atoms with Gasteiger partial charge in [-0.05, 0) is 25.3 Å². The molecule has 0 aliphatic heterocycles. The molecular weight excluding hydrogens is 288 g/mol. The van der Waals surface area contributed by atoms with Crippen LogP contribution in [0.15, 0.2) is 18.7 Å². The molecule has 0 bridgehead atoms. The van der Waals surface area contributed by atoms with E-state index in [2.05, 4.69) is 22.1 Å². The zero-order valence-corrected chi connectivity index (χ0v) is 14.0. The van der Waals surface area contributed by atoms with Crippen molar-refractivity contribution in [3.05, 3.63) is 29.4 Å². The van der Waals surface area contributed by atoms with Gasteiger partial charge >= 0.3 is 6.03 Å². The van der Waals surface area contributed by atoms with Gasteiger partial charge in [-0.15, -0.1) is 16.8 Å². The third kappa shape index (κ3) is 4.70. The van der Waals surface area contributed by atoms with Crippen molar-refractivity contribution < 1.29 is 4.79 Å². The smallest absolute Gasteiger partial charge is 0.318 e. The third-order valence-corrected chi connectivity index (χ3v) is 3.28. The minimum absolute atomic E-state index is 0.0605. The van der Waals surface area contributed by atoms with E-state index in [1.54, 1.807) is 17.0 Å². The summed E-state index contributed by atoms with van der Waals surface area (Å²) in [6, 6.07) is 1.59. The monoisotopic (exact) mass is 310 g/mol. The zero-order chi connectivity index (χ0) is 16.2. The minimum atomic E-state index is -0.235. The lowest BCUT2D eigenvalue weighted by Gasteiger charge is -2.26. The molecule has 1 aromatic rings. The Kier molecular flexibility index (Phi) is 5.72. The Morgan fingerprint density at radius 1 is 1.48 bits per heavy atom. The Hall–Kier alpha value is -1.62. The first-order valence-electron chi connectivity index (χ1n) is 6.89. The van der Waals surface area contributed by atoms with E-state index in [9.17, 15) is 4.79 Å². The number of carbonyl (C=O) groups excluding carboxylic acids is 1. The normalized spacial score (nSPS) is 11.4. The van der Waals surface area contributed by atoms with E-state index in [-0.39, 0.29) is 17.5 Å². The molecule has 5 nitrogen and oxygen atoms in total. The highest BCUT2D eigenvalue weighted by molar-refractivity contribution is 6.30. The summed E-state index contributed by atoms with van der Waals surface area (Å²) in [5, 5.41) is 10.9. The molecule has 0 spiro atoms. The van der Waals surface area contributed by atoms with Crippen LogP contribution in [0.4, 0.5) is 10.6 Å². The van der Waals surface area contributed by atoms with Crippen molar-refractivity contribution in [1.82, 2.24) is 15.1 Å². The van der Waals surface area contributed by atoms with E-state index in [0.29, 0.717) is 17.5 Å². The van der Waals surface area contributed by atoms with Crippen LogP contribution in [0.3, 0.4) is 0 Å². The number of carbonyl (C=O) groups is 1. The number of halogens is 1. The molecule has 2 amide bonds. The van der Waals surface area contributed by atoms with Crippen molar-refractivity contribution in [2.45, 2.75) is 46.1 Å². The summed E-state index contributed by atoms with van der Waals surface area (Å²) in [5.74, 6) is 0.393. The molecule has 0 atom stereocenters. The van der Waals surface area contributed by atoms with Gasteiger partial charge in [-0.3, -0.25) is 5.32 Å². The average Bonchev–Trinajstić information content (AvgIpc) is 2.36. The van der Waals surface area contributed by atoms with Crippen molar-refractivity contribution in [2.75, 3.05) is 11.9 Å². The fourth-order valence-corrected chi connectivity index (χ4v) is 2.19. The standard InChI is InChI=1S/C15H23ClN4O/c1-7-8-20(10(2)3)14(21)17-12-9-11(15(4,5)6)13(16)19-18-12/h7,9-10H,1,8H2,2-6H3,(H,17,18,21). The molecule has 0 fully saturated rings.